The molecule has 1 aliphatic rings. The van der Waals surface area contributed by atoms with Crippen LogP contribution < -0.4 is 0 Å². The molecule has 2 heterocycles. The maximum absolute atomic E-state index is 12.4. The van der Waals surface area contributed by atoms with Crippen LogP contribution in [0.3, 0.4) is 0 Å². The predicted molar refractivity (Wildman–Crippen MR) is 98.0 cm³/mol. The van der Waals surface area contributed by atoms with Crippen molar-refractivity contribution in [1.29, 1.82) is 0 Å². The number of carbonyl (C=O) groups excluding carboxylic acids is 1. The van der Waals surface area contributed by atoms with Crippen molar-refractivity contribution in [3.8, 4) is 11.3 Å². The Labute approximate surface area is 149 Å². The van der Waals surface area contributed by atoms with Crippen LogP contribution in [0.15, 0.2) is 40.9 Å². The Kier molecular flexibility index (Phi) is 4.95. The van der Waals surface area contributed by atoms with E-state index in [0.29, 0.717) is 0 Å². The van der Waals surface area contributed by atoms with E-state index >= 15 is 0 Å². The molecule has 25 heavy (non-hydrogen) atoms. The summed E-state index contributed by atoms with van der Waals surface area (Å²) in [6.07, 6.45) is 1.79. The van der Waals surface area contributed by atoms with Crippen LogP contribution in [0.25, 0.3) is 11.3 Å². The first-order valence-corrected chi connectivity index (χ1v) is 8.91. The molecule has 0 N–H and O–H groups in total. The zero-order chi connectivity index (χ0) is 18.0. The van der Waals surface area contributed by atoms with Gasteiger partial charge in [0.05, 0.1) is 12.2 Å². The summed E-state index contributed by atoms with van der Waals surface area (Å²) in [5.74, 6) is 1.75. The minimum Gasteiger partial charge on any atom is -0.439 e. The van der Waals surface area contributed by atoms with Gasteiger partial charge in [-0.05, 0) is 6.92 Å². The maximum Gasteiger partial charge on any atom is 0.228 e. The molecule has 1 atom stereocenters. The van der Waals surface area contributed by atoms with E-state index in [-0.39, 0.29) is 17.4 Å². The molecule has 0 radical (unpaired) electrons. The number of piperazine rings is 1. The molecule has 1 aromatic carbocycles. The van der Waals surface area contributed by atoms with Gasteiger partial charge in [-0.25, -0.2) is 4.98 Å². The summed E-state index contributed by atoms with van der Waals surface area (Å²) in [5.41, 5.74) is 0.718. The van der Waals surface area contributed by atoms with Crippen LogP contribution in [0.5, 0.6) is 0 Å². The minimum absolute atomic E-state index is 0.101. The lowest BCUT2D eigenvalue weighted by Gasteiger charge is -2.39. The third-order valence-corrected chi connectivity index (χ3v) is 4.73. The van der Waals surface area contributed by atoms with E-state index in [2.05, 4.69) is 16.8 Å². The molecule has 5 nitrogen and oxygen atoms in total. The lowest BCUT2D eigenvalue weighted by Crippen LogP contribution is -2.52. The smallest absolute Gasteiger partial charge is 0.228 e. The Morgan fingerprint density at radius 3 is 2.36 bits per heavy atom. The number of nitrogens with zero attached hydrogens (tertiary/aromatic N) is 3. The first kappa shape index (κ1) is 17.7. The third kappa shape index (κ3) is 3.93. The van der Waals surface area contributed by atoms with E-state index in [1.807, 2.05) is 56.0 Å². The SMILES string of the molecule is C[C@H](c1ncc(-c2ccccc2)o1)N1CCN(C(=O)C(C)(C)C)CC1. The number of hydrogen-bond acceptors (Lipinski definition) is 4. The number of carbonyl (C=O) groups is 1. The first-order chi connectivity index (χ1) is 11.9. The molecule has 2 aromatic rings. The molecule has 0 saturated carbocycles. The van der Waals surface area contributed by atoms with E-state index in [9.17, 15) is 4.79 Å². The lowest BCUT2D eigenvalue weighted by molar-refractivity contribution is -0.141. The second kappa shape index (κ2) is 7.00. The summed E-state index contributed by atoms with van der Waals surface area (Å²) < 4.78 is 5.98. The molecule has 1 fully saturated rings. The summed E-state index contributed by atoms with van der Waals surface area (Å²) in [5, 5.41) is 0. The summed E-state index contributed by atoms with van der Waals surface area (Å²) in [4.78, 5) is 21.2. The first-order valence-electron chi connectivity index (χ1n) is 8.91. The standard InChI is InChI=1S/C20H27N3O2/c1-15(18-21-14-17(25-18)16-8-6-5-7-9-16)22-10-12-23(13-11-22)19(24)20(2,3)4/h5-9,14-15H,10-13H2,1-4H3/t15-/m1/s1. The van der Waals surface area contributed by atoms with Gasteiger partial charge in [0.25, 0.3) is 0 Å². The van der Waals surface area contributed by atoms with Crippen LogP contribution in [0.1, 0.15) is 39.6 Å². The highest BCUT2D eigenvalue weighted by molar-refractivity contribution is 5.81. The zero-order valence-electron chi connectivity index (χ0n) is 15.5. The van der Waals surface area contributed by atoms with Crippen molar-refractivity contribution in [2.75, 3.05) is 26.2 Å². The molecular weight excluding hydrogens is 314 g/mol. The molecule has 0 spiro atoms. The topological polar surface area (TPSA) is 49.6 Å². The van der Waals surface area contributed by atoms with Crippen LogP contribution >= 0.6 is 0 Å². The summed E-state index contributed by atoms with van der Waals surface area (Å²) in [7, 11) is 0. The summed E-state index contributed by atoms with van der Waals surface area (Å²) in [6.45, 7) is 11.2. The minimum atomic E-state index is -0.319. The fraction of sp³-hybridized carbons (Fsp3) is 0.500. The van der Waals surface area contributed by atoms with Gasteiger partial charge < -0.3 is 9.32 Å². The predicted octanol–water partition coefficient (Wildman–Crippen LogP) is 3.59. The number of aromatic nitrogens is 1. The van der Waals surface area contributed by atoms with Crippen molar-refractivity contribution in [2.24, 2.45) is 5.41 Å². The summed E-state index contributed by atoms with van der Waals surface area (Å²) in [6, 6.07) is 10.1. The zero-order valence-corrected chi connectivity index (χ0v) is 15.5. The van der Waals surface area contributed by atoms with Crippen molar-refractivity contribution in [3.05, 3.63) is 42.4 Å². The molecule has 1 amide bonds. The highest BCUT2D eigenvalue weighted by atomic mass is 16.4. The van der Waals surface area contributed by atoms with E-state index in [0.717, 1.165) is 43.4 Å². The monoisotopic (exact) mass is 341 g/mol. The molecule has 1 aliphatic heterocycles. The molecular formula is C20H27N3O2. The van der Waals surface area contributed by atoms with E-state index in [1.54, 1.807) is 6.20 Å². The summed E-state index contributed by atoms with van der Waals surface area (Å²) >= 11 is 0. The average molecular weight is 341 g/mol. The van der Waals surface area contributed by atoms with Crippen LogP contribution in [-0.2, 0) is 4.79 Å². The molecule has 0 aliphatic carbocycles. The Morgan fingerprint density at radius 2 is 1.76 bits per heavy atom. The normalized spacial score (nSPS) is 17.5. The number of rotatable bonds is 3. The van der Waals surface area contributed by atoms with Gasteiger partial charge >= 0.3 is 0 Å². The maximum atomic E-state index is 12.4. The highest BCUT2D eigenvalue weighted by Gasteiger charge is 2.31. The van der Waals surface area contributed by atoms with Crippen LogP contribution in [0.2, 0.25) is 0 Å². The fourth-order valence-electron chi connectivity index (χ4n) is 3.16. The molecule has 5 heteroatoms. The fourth-order valence-corrected chi connectivity index (χ4v) is 3.16. The Balaban J connectivity index is 1.63. The lowest BCUT2D eigenvalue weighted by atomic mass is 9.94. The highest BCUT2D eigenvalue weighted by Crippen LogP contribution is 2.27. The number of amides is 1. The van der Waals surface area contributed by atoms with Gasteiger partial charge in [-0.1, -0.05) is 51.1 Å². The van der Waals surface area contributed by atoms with Gasteiger partial charge in [0, 0.05) is 37.2 Å². The van der Waals surface area contributed by atoms with E-state index in [1.165, 1.54) is 0 Å². The van der Waals surface area contributed by atoms with Crippen molar-refractivity contribution >= 4 is 5.91 Å². The second-order valence-corrected chi connectivity index (χ2v) is 7.68. The second-order valence-electron chi connectivity index (χ2n) is 7.68. The van der Waals surface area contributed by atoms with Crippen molar-refractivity contribution in [2.45, 2.75) is 33.7 Å². The third-order valence-electron chi connectivity index (χ3n) is 4.73. The van der Waals surface area contributed by atoms with Crippen molar-refractivity contribution in [1.82, 2.24) is 14.8 Å². The van der Waals surface area contributed by atoms with Crippen LogP contribution in [0.4, 0.5) is 0 Å². The average Bonchev–Trinajstić information content (AvgIpc) is 3.11. The van der Waals surface area contributed by atoms with E-state index < -0.39 is 0 Å². The molecule has 3 rings (SSSR count). The van der Waals surface area contributed by atoms with Crippen LogP contribution in [0, 0.1) is 5.41 Å². The molecule has 134 valence electrons. The van der Waals surface area contributed by atoms with Gasteiger partial charge in [-0.15, -0.1) is 0 Å². The number of oxazole rings is 1. The molecule has 1 saturated heterocycles. The van der Waals surface area contributed by atoms with Gasteiger partial charge in [-0.3, -0.25) is 9.69 Å². The Morgan fingerprint density at radius 1 is 1.12 bits per heavy atom. The molecule has 0 unspecified atom stereocenters. The number of hydrogen-bond donors (Lipinski definition) is 0. The molecule has 1 aromatic heterocycles. The van der Waals surface area contributed by atoms with Gasteiger partial charge in [0.15, 0.2) is 5.76 Å². The Hall–Kier alpha value is -2.14. The van der Waals surface area contributed by atoms with Gasteiger partial charge in [0.1, 0.15) is 0 Å². The number of benzene rings is 1. The molecule has 0 bridgehead atoms. The Bertz CT molecular complexity index is 710. The largest absolute Gasteiger partial charge is 0.439 e. The van der Waals surface area contributed by atoms with Crippen molar-refractivity contribution in [3.63, 3.8) is 0 Å². The van der Waals surface area contributed by atoms with Crippen molar-refractivity contribution < 1.29 is 9.21 Å². The van der Waals surface area contributed by atoms with Crippen LogP contribution in [-0.4, -0.2) is 46.9 Å². The van der Waals surface area contributed by atoms with E-state index in [4.69, 9.17) is 4.42 Å². The van der Waals surface area contributed by atoms with Gasteiger partial charge in [0.2, 0.25) is 11.8 Å². The quantitative estimate of drug-likeness (QED) is 0.856. The van der Waals surface area contributed by atoms with Gasteiger partial charge in [-0.2, -0.15) is 0 Å².